The Labute approximate surface area is 131 Å². The molecule has 0 bridgehead atoms. The number of benzene rings is 1. The zero-order valence-corrected chi connectivity index (χ0v) is 13.1. The number of carbonyl (C=O) groups excluding carboxylic acids is 2. The lowest BCUT2D eigenvalue weighted by Crippen LogP contribution is -2.39. The van der Waals surface area contributed by atoms with E-state index in [2.05, 4.69) is 10.4 Å². The number of rotatable bonds is 4. The molecule has 122 valence electrons. The van der Waals surface area contributed by atoms with Gasteiger partial charge in [-0.15, -0.1) is 0 Å². The predicted molar refractivity (Wildman–Crippen MR) is 82.7 cm³/mol. The standard InChI is InChI=1S/C15H17FN4O3/c1-4-20-11-6-5-9(16)7-10(11)14(22)13(18-20)15(23)17-8-12(21)19(2)3/h5-7H,4,8H2,1-3H3,(H,17,23). The van der Waals surface area contributed by atoms with E-state index in [1.54, 1.807) is 21.0 Å². The Balaban J connectivity index is 2.44. The van der Waals surface area contributed by atoms with Crippen LogP contribution in [0.3, 0.4) is 0 Å². The van der Waals surface area contributed by atoms with E-state index >= 15 is 0 Å². The van der Waals surface area contributed by atoms with Crippen molar-refractivity contribution in [1.29, 1.82) is 0 Å². The number of fused-ring (bicyclic) bond motifs is 1. The molecule has 0 aliphatic rings. The van der Waals surface area contributed by atoms with Crippen LogP contribution in [-0.2, 0) is 11.3 Å². The molecule has 23 heavy (non-hydrogen) atoms. The average Bonchev–Trinajstić information content (AvgIpc) is 2.52. The molecule has 7 nitrogen and oxygen atoms in total. The highest BCUT2D eigenvalue weighted by Crippen LogP contribution is 2.12. The molecular weight excluding hydrogens is 303 g/mol. The van der Waals surface area contributed by atoms with E-state index in [4.69, 9.17) is 0 Å². The van der Waals surface area contributed by atoms with Crippen molar-refractivity contribution >= 4 is 22.7 Å². The van der Waals surface area contributed by atoms with Crippen molar-refractivity contribution in [1.82, 2.24) is 20.0 Å². The number of aryl methyl sites for hydroxylation is 1. The van der Waals surface area contributed by atoms with Gasteiger partial charge in [-0.25, -0.2) is 4.39 Å². The van der Waals surface area contributed by atoms with Gasteiger partial charge in [-0.1, -0.05) is 0 Å². The summed E-state index contributed by atoms with van der Waals surface area (Å²) >= 11 is 0. The van der Waals surface area contributed by atoms with Gasteiger partial charge in [0.1, 0.15) is 5.82 Å². The Morgan fingerprint density at radius 1 is 1.35 bits per heavy atom. The minimum atomic E-state index is -0.765. The van der Waals surface area contributed by atoms with E-state index in [0.29, 0.717) is 12.1 Å². The van der Waals surface area contributed by atoms with Gasteiger partial charge in [-0.3, -0.25) is 19.1 Å². The Morgan fingerprint density at radius 2 is 2.04 bits per heavy atom. The predicted octanol–water partition coefficient (Wildman–Crippen LogP) is 0.374. The van der Waals surface area contributed by atoms with Crippen molar-refractivity contribution in [3.8, 4) is 0 Å². The van der Waals surface area contributed by atoms with Crippen molar-refractivity contribution in [2.24, 2.45) is 0 Å². The maximum absolute atomic E-state index is 13.4. The van der Waals surface area contributed by atoms with E-state index < -0.39 is 17.2 Å². The quantitative estimate of drug-likeness (QED) is 0.882. The highest BCUT2D eigenvalue weighted by atomic mass is 19.1. The fourth-order valence-electron chi connectivity index (χ4n) is 2.05. The van der Waals surface area contributed by atoms with Crippen molar-refractivity contribution in [3.05, 3.63) is 39.9 Å². The number of hydrogen-bond acceptors (Lipinski definition) is 4. The second-order valence-corrected chi connectivity index (χ2v) is 5.13. The summed E-state index contributed by atoms with van der Waals surface area (Å²) in [4.78, 5) is 37.3. The molecule has 0 spiro atoms. The summed E-state index contributed by atoms with van der Waals surface area (Å²) in [5.74, 6) is -1.66. The first kappa shape index (κ1) is 16.6. The number of nitrogens with zero attached hydrogens (tertiary/aromatic N) is 3. The minimum Gasteiger partial charge on any atom is -0.347 e. The molecule has 1 aromatic carbocycles. The van der Waals surface area contributed by atoms with Gasteiger partial charge in [-0.2, -0.15) is 5.10 Å². The van der Waals surface area contributed by atoms with E-state index in [0.717, 1.165) is 6.07 Å². The maximum Gasteiger partial charge on any atom is 0.276 e. The Kier molecular flexibility index (Phi) is 4.73. The van der Waals surface area contributed by atoms with Crippen LogP contribution in [-0.4, -0.2) is 47.1 Å². The molecule has 0 saturated carbocycles. The molecule has 0 aliphatic heterocycles. The SMILES string of the molecule is CCn1nc(C(=O)NCC(=O)N(C)C)c(=O)c2cc(F)ccc21. The van der Waals surface area contributed by atoms with Gasteiger partial charge in [0, 0.05) is 20.6 Å². The lowest BCUT2D eigenvalue weighted by molar-refractivity contribution is -0.127. The van der Waals surface area contributed by atoms with Crippen LogP contribution >= 0.6 is 0 Å². The molecule has 2 aromatic rings. The molecule has 0 atom stereocenters. The zero-order valence-electron chi connectivity index (χ0n) is 13.1. The van der Waals surface area contributed by atoms with Crippen LogP contribution < -0.4 is 10.7 Å². The summed E-state index contributed by atoms with van der Waals surface area (Å²) in [6.45, 7) is 1.94. The summed E-state index contributed by atoms with van der Waals surface area (Å²) < 4.78 is 14.9. The van der Waals surface area contributed by atoms with Gasteiger partial charge >= 0.3 is 0 Å². The molecule has 0 fully saturated rings. The number of likely N-dealkylation sites (N-methyl/N-ethyl adjacent to an activating group) is 1. The lowest BCUT2D eigenvalue weighted by atomic mass is 10.2. The van der Waals surface area contributed by atoms with Crippen LogP contribution in [0.1, 0.15) is 17.4 Å². The van der Waals surface area contributed by atoms with E-state index in [1.807, 2.05) is 0 Å². The van der Waals surface area contributed by atoms with Crippen LogP contribution in [0.15, 0.2) is 23.0 Å². The number of amides is 2. The van der Waals surface area contributed by atoms with Crippen LogP contribution in [0.5, 0.6) is 0 Å². The number of carbonyl (C=O) groups is 2. The highest BCUT2D eigenvalue weighted by molar-refractivity contribution is 5.97. The van der Waals surface area contributed by atoms with Crippen LogP contribution in [0.4, 0.5) is 4.39 Å². The summed E-state index contributed by atoms with van der Waals surface area (Å²) in [6, 6.07) is 3.75. The van der Waals surface area contributed by atoms with Crippen molar-refractivity contribution in [2.75, 3.05) is 20.6 Å². The summed E-state index contributed by atoms with van der Waals surface area (Å²) in [6.07, 6.45) is 0. The molecule has 8 heteroatoms. The number of halogens is 1. The Bertz CT molecular complexity index is 829. The van der Waals surface area contributed by atoms with E-state index in [-0.39, 0.29) is 23.5 Å². The molecule has 0 saturated heterocycles. The molecule has 1 N–H and O–H groups in total. The monoisotopic (exact) mass is 320 g/mol. The normalized spacial score (nSPS) is 10.6. The summed E-state index contributed by atoms with van der Waals surface area (Å²) in [5.41, 5.74) is -0.588. The first-order chi connectivity index (χ1) is 10.8. The Morgan fingerprint density at radius 3 is 2.65 bits per heavy atom. The number of nitrogens with one attached hydrogen (secondary N) is 1. The molecule has 2 amide bonds. The maximum atomic E-state index is 13.4. The van der Waals surface area contributed by atoms with Crippen LogP contribution in [0.25, 0.3) is 10.9 Å². The molecule has 2 rings (SSSR count). The molecular formula is C15H17FN4O3. The first-order valence-corrected chi connectivity index (χ1v) is 7.04. The van der Waals surface area contributed by atoms with Gasteiger partial charge in [0.05, 0.1) is 17.4 Å². The van der Waals surface area contributed by atoms with Gasteiger partial charge < -0.3 is 10.2 Å². The summed E-state index contributed by atoms with van der Waals surface area (Å²) in [7, 11) is 3.10. The second-order valence-electron chi connectivity index (χ2n) is 5.13. The minimum absolute atomic E-state index is 0.0749. The van der Waals surface area contributed by atoms with E-state index in [1.165, 1.54) is 21.7 Å². The second kappa shape index (κ2) is 6.55. The third-order valence-electron chi connectivity index (χ3n) is 3.33. The topological polar surface area (TPSA) is 84.3 Å². The van der Waals surface area contributed by atoms with E-state index in [9.17, 15) is 18.8 Å². The molecule has 1 heterocycles. The van der Waals surface area contributed by atoms with Gasteiger partial charge in [0.15, 0.2) is 5.69 Å². The Hall–Kier alpha value is -2.77. The molecule has 0 radical (unpaired) electrons. The van der Waals surface area contributed by atoms with Crippen molar-refractivity contribution < 1.29 is 14.0 Å². The fraction of sp³-hybridized carbons (Fsp3) is 0.333. The number of hydrogen-bond donors (Lipinski definition) is 1. The van der Waals surface area contributed by atoms with Crippen molar-refractivity contribution in [2.45, 2.75) is 13.5 Å². The third-order valence-corrected chi connectivity index (χ3v) is 3.33. The molecule has 0 aliphatic carbocycles. The van der Waals surface area contributed by atoms with Crippen LogP contribution in [0, 0.1) is 5.82 Å². The fourth-order valence-corrected chi connectivity index (χ4v) is 2.05. The van der Waals surface area contributed by atoms with Gasteiger partial charge in [-0.05, 0) is 25.1 Å². The highest BCUT2D eigenvalue weighted by Gasteiger charge is 2.18. The number of aromatic nitrogens is 2. The molecule has 1 aromatic heterocycles. The zero-order chi connectivity index (χ0) is 17.1. The van der Waals surface area contributed by atoms with Crippen LogP contribution in [0.2, 0.25) is 0 Å². The first-order valence-electron chi connectivity index (χ1n) is 7.04. The average molecular weight is 320 g/mol. The van der Waals surface area contributed by atoms with Gasteiger partial charge in [0.25, 0.3) is 5.91 Å². The van der Waals surface area contributed by atoms with Gasteiger partial charge in [0.2, 0.25) is 11.3 Å². The lowest BCUT2D eigenvalue weighted by Gasteiger charge is -2.12. The molecule has 0 unspecified atom stereocenters. The van der Waals surface area contributed by atoms with Crippen molar-refractivity contribution in [3.63, 3.8) is 0 Å². The smallest absolute Gasteiger partial charge is 0.276 e. The third kappa shape index (κ3) is 3.36. The largest absolute Gasteiger partial charge is 0.347 e. The summed E-state index contributed by atoms with van der Waals surface area (Å²) in [5, 5.41) is 6.44.